The van der Waals surface area contributed by atoms with Crippen molar-refractivity contribution >= 4 is 28.1 Å². The second-order valence-electron chi connectivity index (χ2n) is 5.90. The third kappa shape index (κ3) is 2.86. The second kappa shape index (κ2) is 6.12. The first-order valence-corrected chi connectivity index (χ1v) is 8.86. The summed E-state index contributed by atoms with van der Waals surface area (Å²) in [6.45, 7) is 2.70. The second-order valence-corrected chi connectivity index (χ2v) is 6.84. The average Bonchev–Trinajstić information content (AvgIpc) is 3.23. The molecule has 118 valence electrons. The van der Waals surface area contributed by atoms with Crippen molar-refractivity contribution < 1.29 is 0 Å². The molecule has 0 aromatic carbocycles. The molecule has 0 saturated carbocycles. The van der Waals surface area contributed by atoms with Crippen LogP contribution in [0.2, 0.25) is 0 Å². The fourth-order valence-corrected chi connectivity index (χ4v) is 3.86. The molecule has 0 radical (unpaired) electrons. The van der Waals surface area contributed by atoms with Gasteiger partial charge in [-0.15, -0.1) is 11.3 Å². The van der Waals surface area contributed by atoms with Crippen molar-refractivity contribution in [3.63, 3.8) is 0 Å². The van der Waals surface area contributed by atoms with Gasteiger partial charge in [-0.05, 0) is 31.4 Å². The minimum atomic E-state index is 0.575. The number of pyridine rings is 1. The number of nitrogens with one attached hydrogen (secondary N) is 1. The van der Waals surface area contributed by atoms with Gasteiger partial charge in [0.2, 0.25) is 0 Å². The molecule has 0 spiro atoms. The molecule has 23 heavy (non-hydrogen) atoms. The van der Waals surface area contributed by atoms with Crippen molar-refractivity contribution in [2.75, 3.05) is 13.1 Å². The van der Waals surface area contributed by atoms with Crippen molar-refractivity contribution in [3.05, 3.63) is 46.8 Å². The Morgan fingerprint density at radius 1 is 1.22 bits per heavy atom. The molecule has 3 aromatic rings. The van der Waals surface area contributed by atoms with E-state index in [2.05, 4.69) is 31.7 Å². The van der Waals surface area contributed by atoms with E-state index in [9.17, 15) is 0 Å². The molecule has 4 rings (SSSR count). The molecule has 0 unspecified atom stereocenters. The van der Waals surface area contributed by atoms with Crippen molar-refractivity contribution in [1.29, 1.82) is 5.41 Å². The first-order chi connectivity index (χ1) is 11.3. The van der Waals surface area contributed by atoms with E-state index in [1.807, 2.05) is 23.8 Å². The number of rotatable bonds is 3. The van der Waals surface area contributed by atoms with Crippen LogP contribution < -0.4 is 0 Å². The standard InChI is InChI=1S/C17H19N5S/c18-17(21-7-2-1-3-8-21)14-12-23-16(20-14)11-22-9-5-13-4-6-19-10-15(13)22/h4-6,9-10,12,18H,1-3,7-8,11H2. The summed E-state index contributed by atoms with van der Waals surface area (Å²) in [4.78, 5) is 11.0. The van der Waals surface area contributed by atoms with E-state index in [4.69, 9.17) is 5.41 Å². The Morgan fingerprint density at radius 2 is 2.09 bits per heavy atom. The average molecular weight is 325 g/mol. The SMILES string of the molecule is N=C(c1csc(Cn2ccc3ccncc32)n1)N1CCCCC1. The van der Waals surface area contributed by atoms with E-state index in [0.717, 1.165) is 35.9 Å². The van der Waals surface area contributed by atoms with E-state index in [1.165, 1.54) is 24.6 Å². The zero-order valence-corrected chi connectivity index (χ0v) is 13.7. The largest absolute Gasteiger partial charge is 0.355 e. The molecule has 0 atom stereocenters. The lowest BCUT2D eigenvalue weighted by atomic mass is 10.1. The fourth-order valence-electron chi connectivity index (χ4n) is 3.08. The number of hydrogen-bond acceptors (Lipinski definition) is 4. The maximum absolute atomic E-state index is 8.37. The van der Waals surface area contributed by atoms with Crippen LogP contribution in [0, 0.1) is 5.41 Å². The maximum atomic E-state index is 8.37. The highest BCUT2D eigenvalue weighted by molar-refractivity contribution is 7.09. The van der Waals surface area contributed by atoms with Gasteiger partial charge in [0.25, 0.3) is 0 Å². The van der Waals surface area contributed by atoms with Crippen molar-refractivity contribution in [2.24, 2.45) is 0 Å². The Bertz CT molecular complexity index is 828. The molecule has 3 aromatic heterocycles. The Hall–Kier alpha value is -2.21. The van der Waals surface area contributed by atoms with E-state index >= 15 is 0 Å². The van der Waals surface area contributed by atoms with Crippen molar-refractivity contribution in [1.82, 2.24) is 19.4 Å². The van der Waals surface area contributed by atoms with Gasteiger partial charge in [-0.2, -0.15) is 0 Å². The zero-order valence-electron chi connectivity index (χ0n) is 12.9. The van der Waals surface area contributed by atoms with Crippen LogP contribution in [0.5, 0.6) is 0 Å². The lowest BCUT2D eigenvalue weighted by molar-refractivity contribution is 0.340. The number of aromatic nitrogens is 3. The summed E-state index contributed by atoms with van der Waals surface area (Å²) >= 11 is 1.63. The van der Waals surface area contributed by atoms with Crippen LogP contribution in [-0.2, 0) is 6.54 Å². The smallest absolute Gasteiger partial charge is 0.147 e. The molecule has 4 heterocycles. The molecular weight excluding hydrogens is 306 g/mol. The van der Waals surface area contributed by atoms with Gasteiger partial charge in [0.05, 0.1) is 18.3 Å². The molecule has 1 aliphatic rings. The predicted octanol–water partition coefficient (Wildman–Crippen LogP) is 3.35. The summed E-state index contributed by atoms with van der Waals surface area (Å²) in [7, 11) is 0. The summed E-state index contributed by atoms with van der Waals surface area (Å²) in [6, 6.07) is 4.12. The summed E-state index contributed by atoms with van der Waals surface area (Å²) in [5.74, 6) is 0.575. The summed E-state index contributed by atoms with van der Waals surface area (Å²) in [6.07, 6.45) is 9.42. The Balaban J connectivity index is 1.52. The summed E-state index contributed by atoms with van der Waals surface area (Å²) < 4.78 is 2.16. The number of amidine groups is 1. The van der Waals surface area contributed by atoms with Crippen molar-refractivity contribution in [3.8, 4) is 0 Å². The van der Waals surface area contributed by atoms with Crippen molar-refractivity contribution in [2.45, 2.75) is 25.8 Å². The maximum Gasteiger partial charge on any atom is 0.147 e. The highest BCUT2D eigenvalue weighted by atomic mass is 32.1. The molecule has 0 aliphatic carbocycles. The van der Waals surface area contributed by atoms with Crippen LogP contribution in [0.15, 0.2) is 36.1 Å². The number of piperidine rings is 1. The minimum absolute atomic E-state index is 0.575. The molecular formula is C17H19N5S. The van der Waals surface area contributed by atoms with Gasteiger partial charge in [-0.25, -0.2) is 4.98 Å². The Morgan fingerprint density at radius 3 is 2.96 bits per heavy atom. The van der Waals surface area contributed by atoms with Gasteiger partial charge in [0.1, 0.15) is 16.5 Å². The monoisotopic (exact) mass is 325 g/mol. The fraction of sp³-hybridized carbons (Fsp3) is 0.353. The lowest BCUT2D eigenvalue weighted by Gasteiger charge is -2.28. The number of likely N-dealkylation sites (tertiary alicyclic amines) is 1. The van der Waals surface area contributed by atoms with Gasteiger partial charge >= 0.3 is 0 Å². The number of fused-ring (bicyclic) bond motifs is 1. The molecule has 0 bridgehead atoms. The van der Waals surface area contributed by atoms with Crippen LogP contribution in [0.3, 0.4) is 0 Å². The van der Waals surface area contributed by atoms with E-state index in [0.29, 0.717) is 5.84 Å². The highest BCUT2D eigenvalue weighted by Gasteiger charge is 2.17. The molecule has 6 heteroatoms. The normalized spacial score (nSPS) is 15.2. The molecule has 1 saturated heterocycles. The van der Waals surface area contributed by atoms with Gasteiger partial charge in [-0.3, -0.25) is 10.4 Å². The highest BCUT2D eigenvalue weighted by Crippen LogP contribution is 2.19. The van der Waals surface area contributed by atoms with E-state index in [-0.39, 0.29) is 0 Å². The predicted molar refractivity (Wildman–Crippen MR) is 93.2 cm³/mol. The molecule has 0 amide bonds. The summed E-state index contributed by atoms with van der Waals surface area (Å²) in [5.41, 5.74) is 1.93. The Labute approximate surface area is 139 Å². The minimum Gasteiger partial charge on any atom is -0.355 e. The van der Waals surface area contributed by atoms with Gasteiger partial charge in [0.15, 0.2) is 0 Å². The molecule has 1 aliphatic heterocycles. The zero-order chi connectivity index (χ0) is 15.6. The van der Waals surface area contributed by atoms with Crippen LogP contribution in [0.4, 0.5) is 0 Å². The third-order valence-corrected chi connectivity index (χ3v) is 5.18. The molecule has 1 fully saturated rings. The lowest BCUT2D eigenvalue weighted by Crippen LogP contribution is -2.35. The van der Waals surface area contributed by atoms with Crippen LogP contribution in [-0.4, -0.2) is 38.4 Å². The van der Waals surface area contributed by atoms with Gasteiger partial charge < -0.3 is 9.47 Å². The number of nitrogens with zero attached hydrogens (tertiary/aromatic N) is 4. The molecule has 1 N–H and O–H groups in total. The quantitative estimate of drug-likeness (QED) is 0.593. The van der Waals surface area contributed by atoms with Crippen LogP contribution in [0.25, 0.3) is 10.9 Å². The van der Waals surface area contributed by atoms with E-state index < -0.39 is 0 Å². The first kappa shape index (κ1) is 14.4. The number of thiazole rings is 1. The van der Waals surface area contributed by atoms with Gasteiger partial charge in [0, 0.05) is 36.2 Å². The Kier molecular flexibility index (Phi) is 3.83. The van der Waals surface area contributed by atoms with Crippen LogP contribution in [0.1, 0.15) is 30.0 Å². The number of hydrogen-bond donors (Lipinski definition) is 1. The molecule has 5 nitrogen and oxygen atoms in total. The van der Waals surface area contributed by atoms with E-state index in [1.54, 1.807) is 11.3 Å². The van der Waals surface area contributed by atoms with Crippen LogP contribution >= 0.6 is 11.3 Å². The topological polar surface area (TPSA) is 57.8 Å². The third-order valence-electron chi connectivity index (χ3n) is 4.35. The first-order valence-electron chi connectivity index (χ1n) is 7.98. The van der Waals surface area contributed by atoms with Gasteiger partial charge in [-0.1, -0.05) is 0 Å². The summed E-state index contributed by atoms with van der Waals surface area (Å²) in [5, 5.41) is 12.6.